The fourth-order valence-corrected chi connectivity index (χ4v) is 4.11. The summed E-state index contributed by atoms with van der Waals surface area (Å²) in [6.07, 6.45) is 0.721. The molecule has 1 aliphatic heterocycles. The van der Waals surface area contributed by atoms with Gasteiger partial charge in [-0.05, 0) is 31.0 Å². The number of carbonyl (C=O) groups excluding carboxylic acids is 1. The molecule has 1 unspecified atom stereocenters. The average molecular weight is 433 g/mol. The molecule has 10 heteroatoms. The molecule has 1 aromatic carbocycles. The van der Waals surface area contributed by atoms with E-state index < -0.39 is 11.7 Å². The molecule has 3 aromatic rings. The van der Waals surface area contributed by atoms with Gasteiger partial charge in [-0.3, -0.25) is 4.79 Å². The van der Waals surface area contributed by atoms with Crippen LogP contribution in [-0.4, -0.2) is 40.0 Å². The molecule has 0 bridgehead atoms. The van der Waals surface area contributed by atoms with Crippen molar-refractivity contribution in [2.45, 2.75) is 25.1 Å². The van der Waals surface area contributed by atoms with Gasteiger partial charge in [0, 0.05) is 42.5 Å². The van der Waals surface area contributed by atoms with E-state index in [1.807, 2.05) is 4.90 Å². The van der Waals surface area contributed by atoms with Crippen LogP contribution in [0.1, 0.15) is 28.9 Å². The Hall–Kier alpha value is -3.01. The van der Waals surface area contributed by atoms with Crippen molar-refractivity contribution in [1.82, 2.24) is 20.3 Å². The molecule has 0 spiro atoms. The number of anilines is 1. The van der Waals surface area contributed by atoms with E-state index >= 15 is 0 Å². The predicted molar refractivity (Wildman–Crippen MR) is 107 cm³/mol. The average Bonchev–Trinajstić information content (AvgIpc) is 3.25. The van der Waals surface area contributed by atoms with Crippen molar-refractivity contribution in [3.63, 3.8) is 0 Å². The highest BCUT2D eigenvalue weighted by Crippen LogP contribution is 2.31. The van der Waals surface area contributed by atoms with E-state index in [0.29, 0.717) is 23.1 Å². The van der Waals surface area contributed by atoms with E-state index in [2.05, 4.69) is 20.3 Å². The number of nitrogens with one attached hydrogen (secondary N) is 1. The molecule has 1 atom stereocenters. The highest BCUT2D eigenvalue weighted by Gasteiger charge is 2.30. The molecule has 3 heterocycles. The Morgan fingerprint density at radius 3 is 2.60 bits per heavy atom. The third kappa shape index (κ3) is 4.59. The van der Waals surface area contributed by atoms with Crippen LogP contribution in [0, 0.1) is 0 Å². The first-order valence-corrected chi connectivity index (χ1v) is 10.2. The Labute approximate surface area is 174 Å². The first-order valence-electron chi connectivity index (χ1n) is 9.36. The topological polar surface area (TPSA) is 71.0 Å². The minimum absolute atomic E-state index is 0.0636. The number of alkyl halides is 3. The Balaban J connectivity index is 1.40. The lowest BCUT2D eigenvalue weighted by molar-refractivity contribution is -0.137. The number of benzene rings is 1. The maximum Gasteiger partial charge on any atom is 0.416 e. The molecule has 0 radical (unpaired) electrons. The number of piperidine rings is 1. The highest BCUT2D eigenvalue weighted by molar-refractivity contribution is 7.13. The van der Waals surface area contributed by atoms with Crippen LogP contribution in [0.15, 0.2) is 48.1 Å². The van der Waals surface area contributed by atoms with Crippen LogP contribution in [-0.2, 0) is 6.18 Å². The number of nitrogens with zero attached hydrogens (tertiary/aromatic N) is 4. The van der Waals surface area contributed by atoms with Gasteiger partial charge in [-0.25, -0.2) is 15.0 Å². The van der Waals surface area contributed by atoms with Gasteiger partial charge < -0.3 is 10.2 Å². The number of hydrogen-bond acceptors (Lipinski definition) is 6. The second-order valence-corrected chi connectivity index (χ2v) is 7.78. The molecule has 6 nitrogen and oxygen atoms in total. The second-order valence-electron chi connectivity index (χ2n) is 6.92. The first kappa shape index (κ1) is 20.3. The zero-order valence-corrected chi connectivity index (χ0v) is 16.6. The Kier molecular flexibility index (Phi) is 5.67. The molecule has 1 N–H and O–H groups in total. The molecule has 1 aliphatic rings. The summed E-state index contributed by atoms with van der Waals surface area (Å²) in [5.74, 6) is 0.333. The van der Waals surface area contributed by atoms with E-state index in [-0.39, 0.29) is 17.6 Å². The van der Waals surface area contributed by atoms with Gasteiger partial charge in [0.1, 0.15) is 10.7 Å². The van der Waals surface area contributed by atoms with Gasteiger partial charge in [0.25, 0.3) is 5.91 Å². The quantitative estimate of drug-likeness (QED) is 0.673. The van der Waals surface area contributed by atoms with Gasteiger partial charge >= 0.3 is 6.18 Å². The summed E-state index contributed by atoms with van der Waals surface area (Å²) < 4.78 is 38.1. The van der Waals surface area contributed by atoms with E-state index in [1.165, 1.54) is 23.5 Å². The first-order chi connectivity index (χ1) is 14.4. The van der Waals surface area contributed by atoms with Crippen molar-refractivity contribution >= 4 is 23.2 Å². The van der Waals surface area contributed by atoms with Crippen LogP contribution >= 0.6 is 11.3 Å². The molecule has 0 aliphatic carbocycles. The summed E-state index contributed by atoms with van der Waals surface area (Å²) in [6.45, 7) is 1.43. The molecule has 4 rings (SSSR count). The van der Waals surface area contributed by atoms with Gasteiger partial charge in [-0.15, -0.1) is 11.3 Å². The maximum absolute atomic E-state index is 12.7. The smallest absolute Gasteiger partial charge is 0.346 e. The minimum atomic E-state index is -4.38. The third-order valence-corrected chi connectivity index (χ3v) is 5.68. The van der Waals surface area contributed by atoms with E-state index in [0.717, 1.165) is 31.5 Å². The molecule has 1 amide bonds. The van der Waals surface area contributed by atoms with Crippen LogP contribution in [0.5, 0.6) is 0 Å². The van der Waals surface area contributed by atoms with Crippen molar-refractivity contribution in [1.29, 1.82) is 0 Å². The van der Waals surface area contributed by atoms with E-state index in [1.54, 1.807) is 23.8 Å². The van der Waals surface area contributed by atoms with Crippen molar-refractivity contribution in [3.8, 4) is 10.6 Å². The van der Waals surface area contributed by atoms with Crippen LogP contribution in [0.4, 0.5) is 19.1 Å². The van der Waals surface area contributed by atoms with Gasteiger partial charge in [-0.1, -0.05) is 12.1 Å². The summed E-state index contributed by atoms with van der Waals surface area (Å²) in [5, 5.41) is 5.10. The van der Waals surface area contributed by atoms with E-state index in [9.17, 15) is 18.0 Å². The lowest BCUT2D eigenvalue weighted by Crippen LogP contribution is -2.48. The predicted octanol–water partition coefficient (Wildman–Crippen LogP) is 4.02. The van der Waals surface area contributed by atoms with Crippen molar-refractivity contribution < 1.29 is 18.0 Å². The maximum atomic E-state index is 12.7. The Morgan fingerprint density at radius 2 is 1.90 bits per heavy atom. The molecule has 0 saturated carbocycles. The number of halogens is 3. The van der Waals surface area contributed by atoms with Crippen molar-refractivity contribution in [2.24, 2.45) is 0 Å². The van der Waals surface area contributed by atoms with Gasteiger partial charge in [0.2, 0.25) is 5.95 Å². The highest BCUT2D eigenvalue weighted by atomic mass is 32.1. The summed E-state index contributed by atoms with van der Waals surface area (Å²) in [5.41, 5.74) is 0.0742. The standard InChI is InChI=1S/C20H18F3N5OS/c21-20(22,23)14-6-4-13(5-7-14)18-27-16(12-30-18)17(29)26-15-3-1-10-28(11-15)19-24-8-2-9-25-19/h2,4-9,12,15H,1,3,10-11H2,(H,26,29). The zero-order chi connectivity index (χ0) is 21.1. The summed E-state index contributed by atoms with van der Waals surface area (Å²) in [4.78, 5) is 27.5. The van der Waals surface area contributed by atoms with E-state index in [4.69, 9.17) is 0 Å². The van der Waals surface area contributed by atoms with Gasteiger partial charge in [0.15, 0.2) is 0 Å². The Bertz CT molecular complexity index is 1010. The van der Waals surface area contributed by atoms with Crippen LogP contribution < -0.4 is 10.2 Å². The molecule has 30 heavy (non-hydrogen) atoms. The zero-order valence-electron chi connectivity index (χ0n) is 15.8. The normalized spacial score (nSPS) is 17.0. The number of amides is 1. The van der Waals surface area contributed by atoms with Crippen LogP contribution in [0.3, 0.4) is 0 Å². The SMILES string of the molecule is O=C(NC1CCCN(c2ncccn2)C1)c1csc(-c2ccc(C(F)(F)F)cc2)n1. The second kappa shape index (κ2) is 8.39. The third-order valence-electron chi connectivity index (χ3n) is 4.79. The summed E-state index contributed by atoms with van der Waals surface area (Å²) in [6, 6.07) is 6.44. The van der Waals surface area contributed by atoms with Crippen molar-refractivity contribution in [2.75, 3.05) is 18.0 Å². The van der Waals surface area contributed by atoms with Crippen LogP contribution in [0.2, 0.25) is 0 Å². The lowest BCUT2D eigenvalue weighted by atomic mass is 10.1. The number of rotatable bonds is 4. The fraction of sp³-hybridized carbons (Fsp3) is 0.300. The summed E-state index contributed by atoms with van der Waals surface area (Å²) in [7, 11) is 0. The molecular formula is C20H18F3N5OS. The molecule has 2 aromatic heterocycles. The minimum Gasteiger partial charge on any atom is -0.346 e. The largest absolute Gasteiger partial charge is 0.416 e. The molecular weight excluding hydrogens is 415 g/mol. The van der Waals surface area contributed by atoms with Crippen molar-refractivity contribution in [3.05, 3.63) is 59.4 Å². The van der Waals surface area contributed by atoms with Gasteiger partial charge in [0.05, 0.1) is 5.56 Å². The summed E-state index contributed by atoms with van der Waals surface area (Å²) >= 11 is 1.22. The molecule has 1 saturated heterocycles. The van der Waals surface area contributed by atoms with Gasteiger partial charge in [-0.2, -0.15) is 13.2 Å². The monoisotopic (exact) mass is 433 g/mol. The Morgan fingerprint density at radius 1 is 1.17 bits per heavy atom. The lowest BCUT2D eigenvalue weighted by Gasteiger charge is -2.32. The number of aromatic nitrogens is 3. The molecule has 1 fully saturated rings. The number of thiazole rings is 1. The van der Waals surface area contributed by atoms with Crippen LogP contribution in [0.25, 0.3) is 10.6 Å². The number of carbonyl (C=O) groups is 1. The molecule has 156 valence electrons. The number of hydrogen-bond donors (Lipinski definition) is 1. The fourth-order valence-electron chi connectivity index (χ4n) is 3.30.